The van der Waals surface area contributed by atoms with E-state index in [0.29, 0.717) is 11.8 Å². The number of thioether (sulfide) groups is 1. The number of ether oxygens (including phenoxy) is 1. The zero-order valence-corrected chi connectivity index (χ0v) is 13.8. The molecule has 0 aliphatic heterocycles. The van der Waals surface area contributed by atoms with Crippen molar-refractivity contribution in [3.05, 3.63) is 60.2 Å². The summed E-state index contributed by atoms with van der Waals surface area (Å²) in [5.74, 6) is 0. The molecule has 1 atom stereocenters. The Balaban J connectivity index is 1.98. The summed E-state index contributed by atoms with van der Waals surface area (Å²) in [7, 11) is 0. The second-order valence-corrected chi connectivity index (χ2v) is 6.50. The van der Waals surface area contributed by atoms with E-state index in [1.165, 1.54) is 12.1 Å². The van der Waals surface area contributed by atoms with Crippen molar-refractivity contribution >= 4 is 35.1 Å². The summed E-state index contributed by atoms with van der Waals surface area (Å²) >= 11 is 5.74. The summed E-state index contributed by atoms with van der Waals surface area (Å²) in [6, 6.07) is 15.1. The summed E-state index contributed by atoms with van der Waals surface area (Å²) in [4.78, 5) is 12.0. The van der Waals surface area contributed by atoms with Crippen molar-refractivity contribution in [2.75, 3.05) is 5.32 Å². The van der Waals surface area contributed by atoms with Crippen LogP contribution in [0, 0.1) is 0 Å². The zero-order valence-electron chi connectivity index (χ0n) is 12.2. The van der Waals surface area contributed by atoms with Crippen molar-refractivity contribution in [2.45, 2.75) is 22.4 Å². The van der Waals surface area contributed by atoms with Crippen LogP contribution in [0.25, 0.3) is 0 Å². The standard InChI is InChI=1S/C16H13ClF3NO2S/c17-14(16(18,19)20)24-13-9-5-4-8-12(13)21-15(22)23-10-11-6-2-1-3-7-11/h1-9,14H,10H2,(H,21,22). The van der Waals surface area contributed by atoms with Gasteiger partial charge in [-0.1, -0.05) is 54.2 Å². The third-order valence-electron chi connectivity index (χ3n) is 2.82. The number of hydrogen-bond acceptors (Lipinski definition) is 3. The van der Waals surface area contributed by atoms with Gasteiger partial charge < -0.3 is 4.74 Å². The highest BCUT2D eigenvalue weighted by atomic mass is 35.5. The van der Waals surface area contributed by atoms with E-state index in [2.05, 4.69) is 5.32 Å². The first kappa shape index (κ1) is 18.5. The van der Waals surface area contributed by atoms with Crippen LogP contribution >= 0.6 is 23.4 Å². The number of amides is 1. The maximum Gasteiger partial charge on any atom is 0.414 e. The predicted octanol–water partition coefficient (Wildman–Crippen LogP) is 5.65. The third kappa shape index (κ3) is 5.65. The number of halogens is 4. The molecular weight excluding hydrogens is 363 g/mol. The number of carbonyl (C=O) groups is 1. The van der Waals surface area contributed by atoms with Crippen molar-refractivity contribution in [3.63, 3.8) is 0 Å². The monoisotopic (exact) mass is 375 g/mol. The van der Waals surface area contributed by atoms with Crippen molar-refractivity contribution in [2.24, 2.45) is 0 Å². The van der Waals surface area contributed by atoms with Gasteiger partial charge in [0.25, 0.3) is 0 Å². The van der Waals surface area contributed by atoms with E-state index >= 15 is 0 Å². The molecule has 0 saturated heterocycles. The number of alkyl halides is 4. The molecule has 0 heterocycles. The molecule has 0 aliphatic rings. The second kappa shape index (κ2) is 8.30. The van der Waals surface area contributed by atoms with Crippen molar-refractivity contribution in [1.82, 2.24) is 0 Å². The molecule has 0 radical (unpaired) electrons. The van der Waals surface area contributed by atoms with E-state index in [0.717, 1.165) is 5.56 Å². The first-order valence-corrected chi connectivity index (χ1v) is 8.12. The topological polar surface area (TPSA) is 38.3 Å². The van der Waals surface area contributed by atoms with E-state index in [-0.39, 0.29) is 17.2 Å². The summed E-state index contributed by atoms with van der Waals surface area (Å²) in [6.45, 7) is 0.0582. The molecule has 3 nitrogen and oxygen atoms in total. The molecule has 1 N–H and O–H groups in total. The van der Waals surface area contributed by atoms with Crippen LogP contribution in [0.5, 0.6) is 0 Å². The van der Waals surface area contributed by atoms with Crippen LogP contribution in [-0.4, -0.2) is 17.0 Å². The van der Waals surface area contributed by atoms with Crippen LogP contribution in [0.3, 0.4) is 0 Å². The molecule has 0 saturated carbocycles. The van der Waals surface area contributed by atoms with Gasteiger partial charge in [-0.3, -0.25) is 5.32 Å². The van der Waals surface area contributed by atoms with Gasteiger partial charge in [0.1, 0.15) is 6.61 Å². The highest BCUT2D eigenvalue weighted by molar-refractivity contribution is 8.01. The lowest BCUT2D eigenvalue weighted by molar-refractivity contribution is -0.113. The number of carbonyl (C=O) groups excluding carboxylic acids is 1. The molecular formula is C16H13ClF3NO2S. The largest absolute Gasteiger partial charge is 0.444 e. The SMILES string of the molecule is O=C(Nc1ccccc1SC(Cl)C(F)(F)F)OCc1ccccc1. The molecule has 1 unspecified atom stereocenters. The molecule has 0 fully saturated rings. The Bertz CT molecular complexity index is 683. The van der Waals surface area contributed by atoms with Gasteiger partial charge in [0, 0.05) is 4.90 Å². The van der Waals surface area contributed by atoms with Crippen LogP contribution in [-0.2, 0) is 11.3 Å². The van der Waals surface area contributed by atoms with Gasteiger partial charge in [-0.05, 0) is 17.7 Å². The number of para-hydroxylation sites is 1. The summed E-state index contributed by atoms with van der Waals surface area (Å²) in [6.07, 6.45) is -5.31. The lowest BCUT2D eigenvalue weighted by atomic mass is 10.2. The quantitative estimate of drug-likeness (QED) is 0.541. The normalized spacial score (nSPS) is 12.5. The Morgan fingerprint density at radius 3 is 2.42 bits per heavy atom. The Hall–Kier alpha value is -1.86. The maximum atomic E-state index is 12.6. The van der Waals surface area contributed by atoms with Gasteiger partial charge >= 0.3 is 12.3 Å². The Morgan fingerprint density at radius 1 is 1.12 bits per heavy atom. The molecule has 128 valence electrons. The minimum absolute atomic E-state index is 0.0582. The number of anilines is 1. The molecule has 24 heavy (non-hydrogen) atoms. The average molecular weight is 376 g/mol. The van der Waals surface area contributed by atoms with Gasteiger partial charge in [0.05, 0.1) is 5.69 Å². The minimum Gasteiger partial charge on any atom is -0.444 e. The highest BCUT2D eigenvalue weighted by Gasteiger charge is 2.39. The zero-order chi connectivity index (χ0) is 17.6. The number of benzene rings is 2. The number of hydrogen-bond donors (Lipinski definition) is 1. The van der Waals surface area contributed by atoms with Crippen LogP contribution in [0.2, 0.25) is 0 Å². The molecule has 0 aromatic heterocycles. The maximum absolute atomic E-state index is 12.6. The highest BCUT2D eigenvalue weighted by Crippen LogP contribution is 2.40. The Labute approximate surface area is 146 Å². The minimum atomic E-state index is -4.55. The lowest BCUT2D eigenvalue weighted by Gasteiger charge is -2.16. The predicted molar refractivity (Wildman–Crippen MR) is 88.2 cm³/mol. The van der Waals surface area contributed by atoms with Gasteiger partial charge in [0.2, 0.25) is 0 Å². The van der Waals surface area contributed by atoms with Crippen molar-refractivity contribution in [3.8, 4) is 0 Å². The van der Waals surface area contributed by atoms with Crippen molar-refractivity contribution < 1.29 is 22.7 Å². The number of nitrogens with one attached hydrogen (secondary N) is 1. The van der Waals surface area contributed by atoms with E-state index in [1.807, 2.05) is 6.07 Å². The second-order valence-electron chi connectivity index (χ2n) is 4.66. The fraction of sp³-hybridized carbons (Fsp3) is 0.188. The molecule has 0 spiro atoms. The lowest BCUT2D eigenvalue weighted by Crippen LogP contribution is -2.20. The molecule has 2 aromatic rings. The molecule has 8 heteroatoms. The Morgan fingerprint density at radius 2 is 1.75 bits per heavy atom. The van der Waals surface area contributed by atoms with Gasteiger partial charge in [-0.15, -0.1) is 11.6 Å². The first-order valence-electron chi connectivity index (χ1n) is 6.80. The average Bonchev–Trinajstić information content (AvgIpc) is 2.55. The van der Waals surface area contributed by atoms with Crippen LogP contribution in [0.1, 0.15) is 5.56 Å². The molecule has 2 rings (SSSR count). The smallest absolute Gasteiger partial charge is 0.414 e. The molecule has 0 bridgehead atoms. The van der Waals surface area contributed by atoms with Gasteiger partial charge in [-0.25, -0.2) is 4.79 Å². The van der Waals surface area contributed by atoms with E-state index in [9.17, 15) is 18.0 Å². The number of rotatable bonds is 5. The molecule has 1 amide bonds. The summed E-state index contributed by atoms with van der Waals surface area (Å²) in [5, 5.41) is 2.43. The van der Waals surface area contributed by atoms with Crippen LogP contribution < -0.4 is 5.32 Å². The first-order chi connectivity index (χ1) is 11.4. The van der Waals surface area contributed by atoms with Gasteiger partial charge in [-0.2, -0.15) is 13.2 Å². The third-order valence-corrected chi connectivity index (χ3v) is 4.42. The van der Waals surface area contributed by atoms with Crippen molar-refractivity contribution in [1.29, 1.82) is 0 Å². The fourth-order valence-electron chi connectivity index (χ4n) is 1.72. The van der Waals surface area contributed by atoms with Crippen LogP contribution in [0.4, 0.5) is 23.7 Å². The summed E-state index contributed by atoms with van der Waals surface area (Å²) < 4.78 is 40.7. The summed E-state index contributed by atoms with van der Waals surface area (Å²) in [5.41, 5.74) is 1.00. The molecule has 2 aromatic carbocycles. The van der Waals surface area contributed by atoms with Crippen LogP contribution in [0.15, 0.2) is 59.5 Å². The molecule has 0 aliphatic carbocycles. The van der Waals surface area contributed by atoms with Gasteiger partial charge in [0.15, 0.2) is 4.71 Å². The Kier molecular flexibility index (Phi) is 6.39. The van der Waals surface area contributed by atoms with E-state index in [4.69, 9.17) is 16.3 Å². The van der Waals surface area contributed by atoms with E-state index in [1.54, 1.807) is 36.4 Å². The van der Waals surface area contributed by atoms with E-state index < -0.39 is 17.0 Å². The fourth-order valence-corrected chi connectivity index (χ4v) is 2.77.